The predicted molar refractivity (Wildman–Crippen MR) is 119 cm³/mol. The second-order valence-electron chi connectivity index (χ2n) is 9.20. The summed E-state index contributed by atoms with van der Waals surface area (Å²) in [5.74, 6) is -10.2. The average Bonchev–Trinajstić information content (AvgIpc) is 3.23. The smallest absolute Gasteiger partial charge is 0.396 e. The van der Waals surface area contributed by atoms with Crippen LogP contribution in [0, 0.1) is 0 Å². The van der Waals surface area contributed by atoms with E-state index in [0.29, 0.717) is 11.1 Å². The molecule has 0 saturated carbocycles. The molecule has 0 atom stereocenters. The van der Waals surface area contributed by atoms with Gasteiger partial charge in [0.25, 0.3) is 23.6 Å². The van der Waals surface area contributed by atoms with Crippen LogP contribution < -0.4 is 0 Å². The maximum absolute atomic E-state index is 14.1. The van der Waals surface area contributed by atoms with Gasteiger partial charge >= 0.3 is 21.3 Å². The number of carbonyl (C=O) groups excluding carboxylic acids is 4. The number of benzene rings is 2. The minimum atomic E-state index is -6.60. The summed E-state index contributed by atoms with van der Waals surface area (Å²) in [6, 6.07) is 7.65. The van der Waals surface area contributed by atoms with Gasteiger partial charge in [-0.2, -0.15) is 26.0 Å². The first kappa shape index (κ1) is 28.3. The molecular weight excluding hydrogens is 556 g/mol. The standard InChI is InChI=1S/C23H18F4N2O9S/c1-21(2,11-3-5-13-15(9-11)18(32)28(35)17(13)31)12-4-6-14-16(10-12)20(34)29(19(14)33)38-39(36,37)23(26,27)22(24,25)7-8-30/h3-6,9-10,30,35H,7-8H2,1-2H3. The van der Waals surface area contributed by atoms with Crippen LogP contribution in [0.2, 0.25) is 0 Å². The second kappa shape index (κ2) is 8.90. The van der Waals surface area contributed by atoms with Gasteiger partial charge in [0.15, 0.2) is 0 Å². The van der Waals surface area contributed by atoms with E-state index in [9.17, 15) is 50.4 Å². The van der Waals surface area contributed by atoms with E-state index in [0.717, 1.165) is 12.1 Å². The zero-order chi connectivity index (χ0) is 29.3. The Hall–Kier alpha value is -3.73. The van der Waals surface area contributed by atoms with Crippen molar-refractivity contribution in [2.24, 2.45) is 0 Å². The molecule has 4 amide bonds. The number of hydroxylamine groups is 4. The van der Waals surface area contributed by atoms with Crippen molar-refractivity contribution in [2.75, 3.05) is 6.61 Å². The van der Waals surface area contributed by atoms with Crippen molar-refractivity contribution in [1.82, 2.24) is 10.1 Å². The zero-order valence-corrected chi connectivity index (χ0v) is 20.8. The van der Waals surface area contributed by atoms with Gasteiger partial charge in [-0.1, -0.05) is 26.0 Å². The highest BCUT2D eigenvalue weighted by Crippen LogP contribution is 2.43. The number of carbonyl (C=O) groups is 4. The molecule has 0 spiro atoms. The summed E-state index contributed by atoms with van der Waals surface area (Å²) in [6.45, 7) is 1.76. The fraction of sp³-hybridized carbons (Fsp3) is 0.304. The molecule has 39 heavy (non-hydrogen) atoms. The van der Waals surface area contributed by atoms with Crippen molar-refractivity contribution in [3.05, 3.63) is 69.8 Å². The van der Waals surface area contributed by atoms with Gasteiger partial charge in [-0.25, -0.2) is 0 Å². The van der Waals surface area contributed by atoms with Crippen LogP contribution in [0.5, 0.6) is 0 Å². The number of fused-ring (bicyclic) bond motifs is 2. The van der Waals surface area contributed by atoms with Crippen LogP contribution in [0.1, 0.15) is 72.8 Å². The summed E-state index contributed by atoms with van der Waals surface area (Å²) in [7, 11) is -6.60. The lowest BCUT2D eigenvalue weighted by molar-refractivity contribution is -0.173. The molecule has 0 saturated heterocycles. The average molecular weight is 574 g/mol. The van der Waals surface area contributed by atoms with Crippen LogP contribution in [-0.4, -0.2) is 70.3 Å². The van der Waals surface area contributed by atoms with E-state index in [2.05, 4.69) is 4.28 Å². The Balaban J connectivity index is 1.67. The van der Waals surface area contributed by atoms with Gasteiger partial charge < -0.3 is 5.11 Å². The van der Waals surface area contributed by atoms with E-state index in [1.165, 1.54) is 24.3 Å². The van der Waals surface area contributed by atoms with Crippen LogP contribution in [0.25, 0.3) is 0 Å². The second-order valence-corrected chi connectivity index (χ2v) is 10.8. The number of imide groups is 2. The lowest BCUT2D eigenvalue weighted by Gasteiger charge is -2.27. The number of amides is 4. The van der Waals surface area contributed by atoms with E-state index in [1.807, 2.05) is 0 Å². The van der Waals surface area contributed by atoms with Crippen molar-refractivity contribution >= 4 is 33.7 Å². The SMILES string of the molecule is CC(C)(c1ccc2c(c1)C(=O)N(O)C2=O)c1ccc2c(c1)C(=O)N(OS(=O)(=O)C(F)(F)C(F)(F)CCO)C2=O. The Morgan fingerprint density at radius 3 is 1.74 bits per heavy atom. The van der Waals surface area contributed by atoms with Crippen molar-refractivity contribution in [3.8, 4) is 0 Å². The molecule has 0 aromatic heterocycles. The number of hydrogen-bond donors (Lipinski definition) is 2. The van der Waals surface area contributed by atoms with Crippen LogP contribution in [0.3, 0.4) is 0 Å². The number of aliphatic hydroxyl groups is 1. The highest BCUT2D eigenvalue weighted by molar-refractivity contribution is 7.87. The van der Waals surface area contributed by atoms with Gasteiger partial charge in [0, 0.05) is 18.4 Å². The molecule has 0 radical (unpaired) electrons. The van der Waals surface area contributed by atoms with Crippen LogP contribution in [0.15, 0.2) is 36.4 Å². The summed E-state index contributed by atoms with van der Waals surface area (Å²) in [5, 5.41) is 11.6. The van der Waals surface area contributed by atoms with Gasteiger partial charge in [0.1, 0.15) is 0 Å². The molecule has 2 aromatic carbocycles. The molecule has 2 N–H and O–H groups in total. The minimum absolute atomic E-state index is 0.0486. The van der Waals surface area contributed by atoms with Gasteiger partial charge in [0.2, 0.25) is 0 Å². The molecule has 11 nitrogen and oxygen atoms in total. The molecule has 2 aliphatic rings. The molecule has 4 rings (SSSR count). The van der Waals surface area contributed by atoms with Crippen molar-refractivity contribution in [1.29, 1.82) is 0 Å². The number of nitrogens with zero attached hydrogens (tertiary/aromatic N) is 2. The molecule has 0 fully saturated rings. The van der Waals surface area contributed by atoms with Crippen LogP contribution in [-0.2, 0) is 19.8 Å². The number of aliphatic hydroxyl groups excluding tert-OH is 1. The Morgan fingerprint density at radius 1 is 0.795 bits per heavy atom. The van der Waals surface area contributed by atoms with E-state index >= 15 is 0 Å². The molecule has 2 aliphatic heterocycles. The first-order chi connectivity index (χ1) is 17.9. The number of rotatable bonds is 8. The number of hydrogen-bond acceptors (Lipinski definition) is 9. The maximum Gasteiger partial charge on any atom is 0.433 e. The summed E-state index contributed by atoms with van der Waals surface area (Å²) in [5.41, 5.74) is -1.44. The highest BCUT2D eigenvalue weighted by Gasteiger charge is 2.67. The normalized spacial score (nSPS) is 16.3. The number of alkyl halides is 4. The van der Waals surface area contributed by atoms with Crippen molar-refractivity contribution < 1.29 is 59.8 Å². The van der Waals surface area contributed by atoms with Crippen molar-refractivity contribution in [3.63, 3.8) is 0 Å². The lowest BCUT2D eigenvalue weighted by atomic mass is 9.76. The molecule has 2 heterocycles. The van der Waals surface area contributed by atoms with E-state index in [-0.39, 0.29) is 16.2 Å². The van der Waals surface area contributed by atoms with E-state index < -0.39 is 79.6 Å². The molecule has 208 valence electrons. The zero-order valence-electron chi connectivity index (χ0n) is 19.9. The molecule has 0 unspecified atom stereocenters. The Labute approximate surface area is 217 Å². The largest absolute Gasteiger partial charge is 0.433 e. The van der Waals surface area contributed by atoms with Crippen molar-refractivity contribution in [2.45, 2.75) is 36.9 Å². The molecular formula is C23H18F4N2O9S. The Bertz CT molecular complexity index is 1560. The maximum atomic E-state index is 14.1. The van der Waals surface area contributed by atoms with Gasteiger partial charge in [-0.05, 0) is 35.4 Å². The summed E-state index contributed by atoms with van der Waals surface area (Å²) in [6.07, 6.45) is -1.94. The Kier molecular flexibility index (Phi) is 6.46. The van der Waals surface area contributed by atoms with Crippen LogP contribution >= 0.6 is 0 Å². The summed E-state index contributed by atoms with van der Waals surface area (Å²) < 4.78 is 83.5. The first-order valence-corrected chi connectivity index (χ1v) is 12.4. The first-order valence-electron chi connectivity index (χ1n) is 10.9. The topological polar surface area (TPSA) is 159 Å². The summed E-state index contributed by atoms with van der Waals surface area (Å²) >= 11 is 0. The third kappa shape index (κ3) is 4.10. The molecule has 0 aliphatic carbocycles. The van der Waals surface area contributed by atoms with Gasteiger partial charge in [-0.3, -0.25) is 24.4 Å². The molecule has 16 heteroatoms. The molecule has 0 bridgehead atoms. The monoisotopic (exact) mass is 574 g/mol. The summed E-state index contributed by atoms with van der Waals surface area (Å²) in [4.78, 5) is 49.5. The minimum Gasteiger partial charge on any atom is -0.396 e. The third-order valence-electron chi connectivity index (χ3n) is 6.50. The lowest BCUT2D eigenvalue weighted by Crippen LogP contribution is -2.50. The predicted octanol–water partition coefficient (Wildman–Crippen LogP) is 2.47. The highest BCUT2D eigenvalue weighted by atomic mass is 32.2. The number of halogens is 4. The van der Waals surface area contributed by atoms with E-state index in [4.69, 9.17) is 5.11 Å². The third-order valence-corrected chi connectivity index (χ3v) is 7.77. The van der Waals surface area contributed by atoms with E-state index in [1.54, 1.807) is 13.8 Å². The molecule has 2 aromatic rings. The van der Waals surface area contributed by atoms with Gasteiger partial charge in [0.05, 0.1) is 22.3 Å². The fourth-order valence-electron chi connectivity index (χ4n) is 4.07. The van der Waals surface area contributed by atoms with Crippen LogP contribution in [0.4, 0.5) is 17.6 Å². The fourth-order valence-corrected chi connectivity index (χ4v) is 4.97. The van der Waals surface area contributed by atoms with Gasteiger partial charge in [-0.15, -0.1) is 14.4 Å². The quantitative estimate of drug-likeness (QED) is 0.274. The Morgan fingerprint density at radius 2 is 1.23 bits per heavy atom.